The summed E-state index contributed by atoms with van der Waals surface area (Å²) < 4.78 is 0. The molecular formula is C14H17ClN2. The van der Waals surface area contributed by atoms with Gasteiger partial charge in [0, 0.05) is 27.7 Å². The smallest absolute Gasteiger partial charge is 0.0460 e. The fraction of sp³-hybridized carbons (Fsp3) is 0.429. The minimum absolute atomic E-state index is 0.616. The Morgan fingerprint density at radius 1 is 1.47 bits per heavy atom. The number of hydrogen-bond acceptors (Lipinski definition) is 1. The molecular weight excluding hydrogens is 232 g/mol. The molecule has 2 nitrogen and oxygen atoms in total. The molecule has 0 saturated carbocycles. The predicted molar refractivity (Wildman–Crippen MR) is 72.8 cm³/mol. The Hall–Kier alpha value is -0.990. The lowest BCUT2D eigenvalue weighted by Crippen LogP contribution is -2.34. The number of H-pyrrole nitrogens is 1. The van der Waals surface area contributed by atoms with Crippen LogP contribution in [0.5, 0.6) is 0 Å². The summed E-state index contributed by atoms with van der Waals surface area (Å²) in [5.41, 5.74) is 4.08. The van der Waals surface area contributed by atoms with Gasteiger partial charge in [-0.1, -0.05) is 18.5 Å². The quantitative estimate of drug-likeness (QED) is 0.839. The first kappa shape index (κ1) is 11.1. The Kier molecular flexibility index (Phi) is 2.85. The number of likely N-dealkylation sites (N-methyl/N-ethyl adjacent to an activating group) is 1. The highest BCUT2D eigenvalue weighted by molar-refractivity contribution is 6.31. The van der Waals surface area contributed by atoms with E-state index in [9.17, 15) is 0 Å². The lowest BCUT2D eigenvalue weighted by Gasteiger charge is -2.23. The van der Waals surface area contributed by atoms with Gasteiger partial charge in [-0.25, -0.2) is 0 Å². The van der Waals surface area contributed by atoms with E-state index < -0.39 is 0 Å². The van der Waals surface area contributed by atoms with Crippen LogP contribution in [0.15, 0.2) is 18.2 Å². The molecule has 2 N–H and O–H groups in total. The Labute approximate surface area is 106 Å². The van der Waals surface area contributed by atoms with Crippen molar-refractivity contribution >= 4 is 22.5 Å². The van der Waals surface area contributed by atoms with Crippen LogP contribution < -0.4 is 5.32 Å². The zero-order valence-electron chi connectivity index (χ0n) is 10.0. The molecule has 90 valence electrons. The molecule has 0 amide bonds. The first-order valence-electron chi connectivity index (χ1n) is 6.30. The molecule has 1 aromatic heterocycles. The number of nitrogens with one attached hydrogen (secondary N) is 2. The average molecular weight is 249 g/mol. The van der Waals surface area contributed by atoms with Crippen molar-refractivity contribution in [2.24, 2.45) is 0 Å². The van der Waals surface area contributed by atoms with Gasteiger partial charge in [-0.05, 0) is 49.6 Å². The largest absolute Gasteiger partial charge is 0.358 e. The van der Waals surface area contributed by atoms with E-state index >= 15 is 0 Å². The van der Waals surface area contributed by atoms with Gasteiger partial charge in [0.05, 0.1) is 0 Å². The first-order valence-corrected chi connectivity index (χ1v) is 6.68. The molecule has 17 heavy (non-hydrogen) atoms. The standard InChI is InChI=1S/C14H17ClN2/c1-2-16-10-4-6-14-12(8-10)11-7-9(15)3-5-13(11)17-14/h3,5,7,10,16-17H,2,4,6,8H2,1H3/t10-/m1/s1. The second-order valence-corrected chi connectivity index (χ2v) is 5.21. The maximum atomic E-state index is 6.09. The van der Waals surface area contributed by atoms with Gasteiger partial charge in [-0.15, -0.1) is 0 Å². The molecule has 0 aliphatic heterocycles. The maximum absolute atomic E-state index is 6.09. The van der Waals surface area contributed by atoms with E-state index in [1.807, 2.05) is 6.07 Å². The molecule has 3 heteroatoms. The summed E-state index contributed by atoms with van der Waals surface area (Å²) in [6, 6.07) is 6.73. The number of benzene rings is 1. The molecule has 2 aromatic rings. The van der Waals surface area contributed by atoms with Crippen molar-refractivity contribution < 1.29 is 0 Å². The van der Waals surface area contributed by atoms with Crippen LogP contribution in [0.3, 0.4) is 0 Å². The molecule has 0 fully saturated rings. The number of hydrogen-bond donors (Lipinski definition) is 2. The molecule has 0 spiro atoms. The Bertz CT molecular complexity index is 544. The van der Waals surface area contributed by atoms with Crippen molar-refractivity contribution in [1.29, 1.82) is 0 Å². The van der Waals surface area contributed by atoms with Crippen LogP contribution in [0.25, 0.3) is 10.9 Å². The zero-order valence-corrected chi connectivity index (χ0v) is 10.8. The maximum Gasteiger partial charge on any atom is 0.0460 e. The molecule has 1 aromatic carbocycles. The van der Waals surface area contributed by atoms with E-state index in [1.165, 1.54) is 28.6 Å². The van der Waals surface area contributed by atoms with Gasteiger partial charge in [0.15, 0.2) is 0 Å². The van der Waals surface area contributed by atoms with Gasteiger partial charge in [-0.2, -0.15) is 0 Å². The van der Waals surface area contributed by atoms with E-state index in [-0.39, 0.29) is 0 Å². The SMILES string of the molecule is CCN[C@@H]1CCc2[nH]c3ccc(Cl)cc3c2C1. The van der Waals surface area contributed by atoms with Crippen LogP contribution >= 0.6 is 11.6 Å². The van der Waals surface area contributed by atoms with Gasteiger partial charge in [0.25, 0.3) is 0 Å². The normalized spacial score (nSPS) is 19.5. The Morgan fingerprint density at radius 3 is 3.18 bits per heavy atom. The van der Waals surface area contributed by atoms with Gasteiger partial charge in [-0.3, -0.25) is 0 Å². The third-order valence-electron chi connectivity index (χ3n) is 3.64. The van der Waals surface area contributed by atoms with Crippen LogP contribution in [0.1, 0.15) is 24.6 Å². The lowest BCUT2D eigenvalue weighted by atomic mass is 9.91. The molecule has 3 rings (SSSR count). The average Bonchev–Trinajstić information content (AvgIpc) is 2.67. The molecule has 0 unspecified atom stereocenters. The van der Waals surface area contributed by atoms with E-state index in [0.29, 0.717) is 6.04 Å². The van der Waals surface area contributed by atoms with Crippen molar-refractivity contribution in [3.8, 4) is 0 Å². The molecule has 1 atom stereocenters. The van der Waals surface area contributed by atoms with Gasteiger partial charge in [0.2, 0.25) is 0 Å². The van der Waals surface area contributed by atoms with Crippen LogP contribution in [0, 0.1) is 0 Å². The summed E-state index contributed by atoms with van der Waals surface area (Å²) >= 11 is 6.09. The summed E-state index contributed by atoms with van der Waals surface area (Å²) in [7, 11) is 0. The monoisotopic (exact) mass is 248 g/mol. The number of aromatic nitrogens is 1. The number of halogens is 1. The number of aryl methyl sites for hydroxylation is 1. The number of rotatable bonds is 2. The molecule has 1 aliphatic carbocycles. The van der Waals surface area contributed by atoms with Gasteiger partial charge in [0.1, 0.15) is 0 Å². The number of aromatic amines is 1. The topological polar surface area (TPSA) is 27.8 Å². The van der Waals surface area contributed by atoms with E-state index in [4.69, 9.17) is 11.6 Å². The Balaban J connectivity index is 2.04. The van der Waals surface area contributed by atoms with Gasteiger partial charge >= 0.3 is 0 Å². The van der Waals surface area contributed by atoms with Crippen LogP contribution in [0.2, 0.25) is 5.02 Å². The summed E-state index contributed by atoms with van der Waals surface area (Å²) in [5.74, 6) is 0. The fourth-order valence-electron chi connectivity index (χ4n) is 2.85. The van der Waals surface area contributed by atoms with Crippen molar-refractivity contribution in [3.05, 3.63) is 34.5 Å². The fourth-order valence-corrected chi connectivity index (χ4v) is 3.02. The predicted octanol–water partition coefficient (Wildman–Crippen LogP) is 3.29. The lowest BCUT2D eigenvalue weighted by molar-refractivity contribution is 0.470. The van der Waals surface area contributed by atoms with E-state index in [0.717, 1.165) is 24.4 Å². The first-order chi connectivity index (χ1) is 8.28. The third kappa shape index (κ3) is 1.96. The minimum Gasteiger partial charge on any atom is -0.358 e. The molecule has 1 aliphatic rings. The van der Waals surface area contributed by atoms with Crippen molar-refractivity contribution in [3.63, 3.8) is 0 Å². The summed E-state index contributed by atoms with van der Waals surface area (Å²) in [6.07, 6.45) is 3.48. The zero-order chi connectivity index (χ0) is 11.8. The van der Waals surface area contributed by atoms with Crippen LogP contribution in [0.4, 0.5) is 0 Å². The third-order valence-corrected chi connectivity index (χ3v) is 3.88. The van der Waals surface area contributed by atoms with Crippen molar-refractivity contribution in [2.75, 3.05) is 6.54 Å². The second kappa shape index (κ2) is 4.35. The van der Waals surface area contributed by atoms with Crippen LogP contribution in [-0.2, 0) is 12.8 Å². The molecule has 0 bridgehead atoms. The molecule has 0 radical (unpaired) electrons. The minimum atomic E-state index is 0.616. The molecule has 0 saturated heterocycles. The Morgan fingerprint density at radius 2 is 2.35 bits per heavy atom. The summed E-state index contributed by atoms with van der Waals surface area (Å²) in [5, 5.41) is 5.67. The van der Waals surface area contributed by atoms with Crippen LogP contribution in [-0.4, -0.2) is 17.6 Å². The highest BCUT2D eigenvalue weighted by Crippen LogP contribution is 2.30. The van der Waals surface area contributed by atoms with Crippen molar-refractivity contribution in [1.82, 2.24) is 10.3 Å². The highest BCUT2D eigenvalue weighted by Gasteiger charge is 2.21. The van der Waals surface area contributed by atoms with Gasteiger partial charge < -0.3 is 10.3 Å². The second-order valence-electron chi connectivity index (χ2n) is 4.77. The summed E-state index contributed by atoms with van der Waals surface area (Å²) in [6.45, 7) is 3.21. The van der Waals surface area contributed by atoms with E-state index in [1.54, 1.807) is 0 Å². The van der Waals surface area contributed by atoms with E-state index in [2.05, 4.69) is 29.4 Å². The van der Waals surface area contributed by atoms with Crippen molar-refractivity contribution in [2.45, 2.75) is 32.2 Å². The summed E-state index contributed by atoms with van der Waals surface area (Å²) in [4.78, 5) is 3.52. The molecule has 1 heterocycles. The number of fused-ring (bicyclic) bond motifs is 3. The highest BCUT2D eigenvalue weighted by atomic mass is 35.5.